The number of aliphatic carboxylic acids is 1. The summed E-state index contributed by atoms with van der Waals surface area (Å²) in [6.45, 7) is 5.67. The van der Waals surface area contributed by atoms with Crippen LogP contribution in [-0.4, -0.2) is 34.6 Å². The molecule has 0 aliphatic carbocycles. The van der Waals surface area contributed by atoms with Crippen LogP contribution in [0.1, 0.15) is 31.4 Å². The van der Waals surface area contributed by atoms with E-state index in [1.165, 1.54) is 11.8 Å². The lowest BCUT2D eigenvalue weighted by Gasteiger charge is -2.28. The summed E-state index contributed by atoms with van der Waals surface area (Å²) < 4.78 is 0. The van der Waals surface area contributed by atoms with Crippen LogP contribution in [0.4, 0.5) is 4.79 Å². The molecule has 0 bridgehead atoms. The largest absolute Gasteiger partial charge is 0.480 e. The number of hydrogen-bond donors (Lipinski definition) is 2. The zero-order valence-electron chi connectivity index (χ0n) is 12.4. The highest BCUT2D eigenvalue weighted by atomic mass is 16.4. The third kappa shape index (κ3) is 3.98. The van der Waals surface area contributed by atoms with Crippen molar-refractivity contribution in [1.82, 2.24) is 10.2 Å². The van der Waals surface area contributed by atoms with Crippen LogP contribution < -0.4 is 5.32 Å². The first-order valence-corrected chi connectivity index (χ1v) is 6.60. The van der Waals surface area contributed by atoms with Crippen LogP contribution in [0.15, 0.2) is 24.3 Å². The third-order valence-electron chi connectivity index (χ3n) is 3.45. The lowest BCUT2D eigenvalue weighted by Crippen LogP contribution is -2.54. The van der Waals surface area contributed by atoms with Crippen LogP contribution in [0.3, 0.4) is 0 Å². The molecule has 0 saturated carbocycles. The van der Waals surface area contributed by atoms with Gasteiger partial charge in [-0.05, 0) is 25.8 Å². The number of aryl methyl sites for hydroxylation is 1. The van der Waals surface area contributed by atoms with Crippen molar-refractivity contribution < 1.29 is 14.7 Å². The fraction of sp³-hybridized carbons (Fsp3) is 0.467. The zero-order chi connectivity index (χ0) is 15.3. The molecule has 1 unspecified atom stereocenters. The zero-order valence-corrected chi connectivity index (χ0v) is 12.4. The van der Waals surface area contributed by atoms with Crippen LogP contribution >= 0.6 is 0 Å². The molecule has 5 nitrogen and oxygen atoms in total. The maximum absolute atomic E-state index is 12.0. The van der Waals surface area contributed by atoms with Crippen molar-refractivity contribution in [3.05, 3.63) is 35.4 Å². The number of amides is 2. The van der Waals surface area contributed by atoms with Crippen molar-refractivity contribution >= 4 is 12.0 Å². The second kappa shape index (κ2) is 6.41. The first-order valence-electron chi connectivity index (χ1n) is 6.60. The molecule has 0 saturated heterocycles. The van der Waals surface area contributed by atoms with Gasteiger partial charge in [-0.2, -0.15) is 0 Å². The fourth-order valence-corrected chi connectivity index (χ4v) is 1.66. The first-order chi connectivity index (χ1) is 9.28. The molecular weight excluding hydrogens is 256 g/mol. The molecule has 0 aromatic heterocycles. The molecule has 0 aliphatic heterocycles. The highest BCUT2D eigenvalue weighted by Gasteiger charge is 2.33. The topological polar surface area (TPSA) is 69.6 Å². The summed E-state index contributed by atoms with van der Waals surface area (Å²) in [4.78, 5) is 24.7. The second-order valence-electron chi connectivity index (χ2n) is 5.26. The predicted octanol–water partition coefficient (Wildman–Crippen LogP) is 2.39. The number of rotatable bonds is 5. The van der Waals surface area contributed by atoms with Crippen LogP contribution in [0.25, 0.3) is 0 Å². The van der Waals surface area contributed by atoms with Gasteiger partial charge in [0.25, 0.3) is 0 Å². The summed E-state index contributed by atoms with van der Waals surface area (Å²) in [6, 6.07) is 7.48. The van der Waals surface area contributed by atoms with E-state index in [1.54, 1.807) is 14.0 Å². The van der Waals surface area contributed by atoms with E-state index in [4.69, 9.17) is 5.11 Å². The molecule has 0 spiro atoms. The summed E-state index contributed by atoms with van der Waals surface area (Å²) >= 11 is 0. The minimum Gasteiger partial charge on any atom is -0.480 e. The number of nitrogens with one attached hydrogen (secondary N) is 1. The number of carboxylic acids is 1. The maximum Gasteiger partial charge on any atom is 0.329 e. The monoisotopic (exact) mass is 278 g/mol. The Hall–Kier alpha value is -2.04. The van der Waals surface area contributed by atoms with Gasteiger partial charge in [0.1, 0.15) is 5.54 Å². The highest BCUT2D eigenvalue weighted by molar-refractivity contribution is 5.85. The van der Waals surface area contributed by atoms with Gasteiger partial charge in [0.15, 0.2) is 0 Å². The van der Waals surface area contributed by atoms with Crippen LogP contribution in [0.5, 0.6) is 0 Å². The van der Waals surface area contributed by atoms with Gasteiger partial charge in [0.2, 0.25) is 0 Å². The van der Waals surface area contributed by atoms with E-state index in [0.717, 1.165) is 11.1 Å². The van der Waals surface area contributed by atoms with Crippen LogP contribution in [0.2, 0.25) is 0 Å². The average molecular weight is 278 g/mol. The van der Waals surface area contributed by atoms with Crippen molar-refractivity contribution in [1.29, 1.82) is 0 Å². The standard InChI is InChI=1S/C15H22N2O3/c1-5-15(3,13(18)19)16-14(20)17(4)10-12-8-6-11(2)7-9-12/h6-9H,5,10H2,1-4H3,(H,16,20)(H,18,19). The molecule has 5 heteroatoms. The Labute approximate surface area is 119 Å². The molecule has 1 aromatic carbocycles. The Morgan fingerprint density at radius 1 is 1.30 bits per heavy atom. The number of urea groups is 1. The van der Waals surface area contributed by atoms with E-state index in [2.05, 4.69) is 5.32 Å². The number of carbonyl (C=O) groups excluding carboxylic acids is 1. The summed E-state index contributed by atoms with van der Waals surface area (Å²) in [5.41, 5.74) is 0.922. The van der Waals surface area contributed by atoms with Crippen LogP contribution in [-0.2, 0) is 11.3 Å². The normalized spacial score (nSPS) is 13.4. The molecule has 1 aromatic rings. The minimum absolute atomic E-state index is 0.326. The quantitative estimate of drug-likeness (QED) is 0.869. The van der Waals surface area contributed by atoms with Crippen molar-refractivity contribution in [2.24, 2.45) is 0 Å². The van der Waals surface area contributed by atoms with E-state index < -0.39 is 17.5 Å². The van der Waals surface area contributed by atoms with Gasteiger partial charge in [-0.3, -0.25) is 0 Å². The van der Waals surface area contributed by atoms with Crippen LogP contribution in [0, 0.1) is 6.92 Å². The van der Waals surface area contributed by atoms with Gasteiger partial charge in [0.05, 0.1) is 0 Å². The van der Waals surface area contributed by atoms with Gasteiger partial charge in [0, 0.05) is 13.6 Å². The number of carbonyl (C=O) groups is 2. The smallest absolute Gasteiger partial charge is 0.329 e. The van der Waals surface area contributed by atoms with Gasteiger partial charge in [-0.25, -0.2) is 9.59 Å². The minimum atomic E-state index is -1.24. The molecule has 2 amide bonds. The molecule has 110 valence electrons. The van der Waals surface area contributed by atoms with E-state index in [9.17, 15) is 9.59 Å². The van der Waals surface area contributed by atoms with E-state index in [0.29, 0.717) is 13.0 Å². The molecule has 2 N–H and O–H groups in total. The number of carboxylic acid groups (broad SMARTS) is 1. The van der Waals surface area contributed by atoms with Crippen molar-refractivity contribution in [2.45, 2.75) is 39.3 Å². The Morgan fingerprint density at radius 3 is 2.30 bits per heavy atom. The first kappa shape index (κ1) is 16.0. The Bertz CT molecular complexity index is 484. The van der Waals surface area contributed by atoms with E-state index >= 15 is 0 Å². The fourth-order valence-electron chi connectivity index (χ4n) is 1.66. The van der Waals surface area contributed by atoms with E-state index in [-0.39, 0.29) is 0 Å². The molecule has 1 rings (SSSR count). The summed E-state index contributed by atoms with van der Waals surface area (Å²) in [5.74, 6) is -1.03. The molecule has 0 heterocycles. The summed E-state index contributed by atoms with van der Waals surface area (Å²) in [7, 11) is 1.65. The van der Waals surface area contributed by atoms with Gasteiger partial charge in [-0.1, -0.05) is 36.8 Å². The maximum atomic E-state index is 12.0. The Balaban J connectivity index is 2.67. The molecule has 1 atom stereocenters. The molecule has 0 radical (unpaired) electrons. The van der Waals surface area contributed by atoms with Gasteiger partial charge >= 0.3 is 12.0 Å². The second-order valence-corrected chi connectivity index (χ2v) is 5.26. The van der Waals surface area contributed by atoms with Gasteiger partial charge in [-0.15, -0.1) is 0 Å². The Morgan fingerprint density at radius 2 is 1.85 bits per heavy atom. The average Bonchev–Trinajstić information content (AvgIpc) is 2.40. The number of hydrogen-bond acceptors (Lipinski definition) is 2. The SMILES string of the molecule is CCC(C)(NC(=O)N(C)Cc1ccc(C)cc1)C(=O)O. The number of nitrogens with zero attached hydrogens (tertiary/aromatic N) is 1. The molecule has 0 fully saturated rings. The number of benzene rings is 1. The van der Waals surface area contributed by atoms with Crippen molar-refractivity contribution in [2.75, 3.05) is 7.05 Å². The van der Waals surface area contributed by atoms with Gasteiger partial charge < -0.3 is 15.3 Å². The van der Waals surface area contributed by atoms with Crippen molar-refractivity contribution in [3.8, 4) is 0 Å². The summed E-state index contributed by atoms with van der Waals surface area (Å²) in [5, 5.41) is 11.7. The van der Waals surface area contributed by atoms with Crippen molar-refractivity contribution in [3.63, 3.8) is 0 Å². The highest BCUT2D eigenvalue weighted by Crippen LogP contribution is 2.11. The predicted molar refractivity (Wildman–Crippen MR) is 77.5 cm³/mol. The van der Waals surface area contributed by atoms with E-state index in [1.807, 2.05) is 31.2 Å². The third-order valence-corrected chi connectivity index (χ3v) is 3.45. The lowest BCUT2D eigenvalue weighted by atomic mass is 10.00. The lowest BCUT2D eigenvalue weighted by molar-refractivity contribution is -0.143. The molecular formula is C15H22N2O3. The molecule has 0 aliphatic rings. The molecule has 20 heavy (non-hydrogen) atoms. The summed E-state index contributed by atoms with van der Waals surface area (Å²) in [6.07, 6.45) is 0.326. The Kier molecular flexibility index (Phi) is 5.13.